The Morgan fingerprint density at radius 3 is 2.23 bits per heavy atom. The highest BCUT2D eigenvalue weighted by Gasteiger charge is 2.08. The Kier molecular flexibility index (Phi) is 3.09. The molecule has 0 amide bonds. The van der Waals surface area contributed by atoms with Gasteiger partial charge in [-0.3, -0.25) is 4.57 Å². The second-order valence-corrected chi connectivity index (χ2v) is 5.11. The van der Waals surface area contributed by atoms with E-state index in [0.29, 0.717) is 0 Å². The van der Waals surface area contributed by atoms with Gasteiger partial charge in [0.2, 0.25) is 0 Å². The minimum Gasteiger partial charge on any atom is -0.354 e. The summed E-state index contributed by atoms with van der Waals surface area (Å²) in [6, 6.07) is 26.6. The summed E-state index contributed by atoms with van der Waals surface area (Å²) in [5, 5.41) is 3.44. The normalized spacial score (nSPS) is 10.7. The van der Waals surface area contributed by atoms with Crippen molar-refractivity contribution in [2.75, 3.05) is 5.32 Å². The standard InChI is InChI=1S/C19H15N3/c1-3-8-15(9-4-1)21-17-12-7-13-18-19(17)20-14-22(18)16-10-5-2-6-11-16/h1-14,21H. The number of aromatic nitrogens is 2. The number of nitrogens with zero attached hydrogens (tertiary/aromatic N) is 2. The Hall–Kier alpha value is -3.07. The van der Waals surface area contributed by atoms with Crippen molar-refractivity contribution in [2.24, 2.45) is 0 Å². The van der Waals surface area contributed by atoms with Crippen LogP contribution in [0.3, 0.4) is 0 Å². The minimum atomic E-state index is 0.968. The first-order valence-electron chi connectivity index (χ1n) is 7.25. The fraction of sp³-hybridized carbons (Fsp3) is 0. The second-order valence-electron chi connectivity index (χ2n) is 5.11. The van der Waals surface area contributed by atoms with Gasteiger partial charge >= 0.3 is 0 Å². The molecule has 22 heavy (non-hydrogen) atoms. The zero-order chi connectivity index (χ0) is 14.8. The number of imidazole rings is 1. The third kappa shape index (κ3) is 2.23. The van der Waals surface area contributed by atoms with Crippen LogP contribution in [-0.2, 0) is 0 Å². The van der Waals surface area contributed by atoms with Crippen molar-refractivity contribution in [1.29, 1.82) is 0 Å². The van der Waals surface area contributed by atoms with Gasteiger partial charge in [0, 0.05) is 11.4 Å². The van der Waals surface area contributed by atoms with Gasteiger partial charge in [-0.1, -0.05) is 42.5 Å². The number of fused-ring (bicyclic) bond motifs is 1. The van der Waals surface area contributed by atoms with Gasteiger partial charge in [-0.25, -0.2) is 4.98 Å². The molecule has 0 saturated heterocycles. The molecule has 3 heteroatoms. The number of benzene rings is 3. The van der Waals surface area contributed by atoms with Crippen LogP contribution >= 0.6 is 0 Å². The molecule has 0 spiro atoms. The van der Waals surface area contributed by atoms with E-state index in [4.69, 9.17) is 0 Å². The van der Waals surface area contributed by atoms with Crippen LogP contribution in [0.15, 0.2) is 85.2 Å². The number of hydrogen-bond acceptors (Lipinski definition) is 2. The molecule has 0 bridgehead atoms. The molecule has 0 saturated carbocycles. The Morgan fingerprint density at radius 1 is 0.727 bits per heavy atom. The van der Waals surface area contributed by atoms with Gasteiger partial charge in [0.25, 0.3) is 0 Å². The van der Waals surface area contributed by atoms with E-state index in [-0.39, 0.29) is 0 Å². The summed E-state index contributed by atoms with van der Waals surface area (Å²) in [6.45, 7) is 0. The molecule has 4 aromatic rings. The maximum Gasteiger partial charge on any atom is 0.112 e. The van der Waals surface area contributed by atoms with E-state index in [1.807, 2.05) is 54.9 Å². The summed E-state index contributed by atoms with van der Waals surface area (Å²) in [5.74, 6) is 0. The lowest BCUT2D eigenvalue weighted by molar-refractivity contribution is 1.09. The quantitative estimate of drug-likeness (QED) is 0.587. The maximum absolute atomic E-state index is 4.59. The molecule has 4 rings (SSSR count). The predicted molar refractivity (Wildman–Crippen MR) is 90.8 cm³/mol. The van der Waals surface area contributed by atoms with Crippen LogP contribution in [0, 0.1) is 0 Å². The molecule has 0 radical (unpaired) electrons. The monoisotopic (exact) mass is 285 g/mol. The van der Waals surface area contributed by atoms with Crippen LogP contribution in [0.25, 0.3) is 16.7 Å². The number of hydrogen-bond donors (Lipinski definition) is 1. The molecule has 0 unspecified atom stereocenters. The summed E-state index contributed by atoms with van der Waals surface area (Å²) < 4.78 is 2.10. The Labute approximate surface area is 128 Å². The van der Waals surface area contributed by atoms with Crippen molar-refractivity contribution in [2.45, 2.75) is 0 Å². The summed E-state index contributed by atoms with van der Waals surface area (Å²) >= 11 is 0. The van der Waals surface area contributed by atoms with Crippen molar-refractivity contribution in [1.82, 2.24) is 9.55 Å². The van der Waals surface area contributed by atoms with Crippen molar-refractivity contribution in [3.63, 3.8) is 0 Å². The van der Waals surface area contributed by atoms with Crippen LogP contribution < -0.4 is 5.32 Å². The molecule has 1 N–H and O–H groups in total. The Bertz CT molecular complexity index is 896. The number of para-hydroxylation sites is 3. The lowest BCUT2D eigenvalue weighted by Crippen LogP contribution is -1.93. The molecule has 106 valence electrons. The van der Waals surface area contributed by atoms with Gasteiger partial charge in [0.15, 0.2) is 0 Å². The lowest BCUT2D eigenvalue weighted by atomic mass is 10.2. The average molecular weight is 285 g/mol. The lowest BCUT2D eigenvalue weighted by Gasteiger charge is -2.08. The molecule has 1 aromatic heterocycles. The third-order valence-electron chi connectivity index (χ3n) is 3.66. The summed E-state index contributed by atoms with van der Waals surface area (Å²) in [4.78, 5) is 4.59. The SMILES string of the molecule is c1ccc(Nc2cccc3c2ncn3-c2ccccc2)cc1. The molecule has 0 fully saturated rings. The van der Waals surface area contributed by atoms with Crippen molar-refractivity contribution < 1.29 is 0 Å². The van der Waals surface area contributed by atoms with Crippen molar-refractivity contribution >= 4 is 22.4 Å². The average Bonchev–Trinajstić information content (AvgIpc) is 3.02. The first-order valence-corrected chi connectivity index (χ1v) is 7.25. The maximum atomic E-state index is 4.59. The van der Waals surface area contributed by atoms with E-state index >= 15 is 0 Å². The van der Waals surface area contributed by atoms with E-state index in [1.54, 1.807) is 0 Å². The highest BCUT2D eigenvalue weighted by atomic mass is 15.1. The number of rotatable bonds is 3. The molecule has 0 atom stereocenters. The van der Waals surface area contributed by atoms with Crippen molar-refractivity contribution in [3.05, 3.63) is 85.2 Å². The van der Waals surface area contributed by atoms with E-state index in [1.165, 1.54) is 0 Å². The molecule has 0 aliphatic rings. The minimum absolute atomic E-state index is 0.968. The molecule has 0 aliphatic heterocycles. The summed E-state index contributed by atoms with van der Waals surface area (Å²) in [5.41, 5.74) is 5.24. The van der Waals surface area contributed by atoms with Crippen LogP contribution in [0.4, 0.5) is 11.4 Å². The Balaban J connectivity index is 1.81. The number of anilines is 2. The van der Waals surface area contributed by atoms with Crippen LogP contribution in [-0.4, -0.2) is 9.55 Å². The van der Waals surface area contributed by atoms with Crippen LogP contribution in [0.2, 0.25) is 0 Å². The van der Waals surface area contributed by atoms with Gasteiger partial charge in [-0.2, -0.15) is 0 Å². The van der Waals surface area contributed by atoms with E-state index in [2.05, 4.69) is 45.2 Å². The smallest absolute Gasteiger partial charge is 0.112 e. The number of nitrogens with one attached hydrogen (secondary N) is 1. The van der Waals surface area contributed by atoms with Gasteiger partial charge in [-0.05, 0) is 36.4 Å². The van der Waals surface area contributed by atoms with Crippen LogP contribution in [0.1, 0.15) is 0 Å². The molecular formula is C19H15N3. The highest BCUT2D eigenvalue weighted by Crippen LogP contribution is 2.27. The molecule has 0 aliphatic carbocycles. The molecule has 1 heterocycles. The van der Waals surface area contributed by atoms with Crippen LogP contribution in [0.5, 0.6) is 0 Å². The van der Waals surface area contributed by atoms with E-state index < -0.39 is 0 Å². The first kappa shape index (κ1) is 12.7. The molecule has 3 nitrogen and oxygen atoms in total. The van der Waals surface area contributed by atoms with E-state index in [0.717, 1.165) is 28.1 Å². The summed E-state index contributed by atoms with van der Waals surface area (Å²) in [6.07, 6.45) is 1.87. The first-order chi connectivity index (χ1) is 10.9. The fourth-order valence-electron chi connectivity index (χ4n) is 2.61. The third-order valence-corrected chi connectivity index (χ3v) is 3.66. The van der Waals surface area contributed by atoms with Gasteiger partial charge in [0.1, 0.15) is 11.8 Å². The molecule has 3 aromatic carbocycles. The summed E-state index contributed by atoms with van der Waals surface area (Å²) in [7, 11) is 0. The van der Waals surface area contributed by atoms with Gasteiger partial charge in [-0.15, -0.1) is 0 Å². The Morgan fingerprint density at radius 2 is 1.45 bits per heavy atom. The van der Waals surface area contributed by atoms with E-state index in [9.17, 15) is 0 Å². The topological polar surface area (TPSA) is 29.9 Å². The zero-order valence-electron chi connectivity index (χ0n) is 12.0. The fourth-order valence-corrected chi connectivity index (χ4v) is 2.61. The van der Waals surface area contributed by atoms with Gasteiger partial charge in [0.05, 0.1) is 11.2 Å². The van der Waals surface area contributed by atoms with Gasteiger partial charge < -0.3 is 5.32 Å². The predicted octanol–water partition coefficient (Wildman–Crippen LogP) is 4.77. The van der Waals surface area contributed by atoms with Crippen molar-refractivity contribution in [3.8, 4) is 5.69 Å². The highest BCUT2D eigenvalue weighted by molar-refractivity contribution is 5.91. The zero-order valence-corrected chi connectivity index (χ0v) is 12.0. The molecular weight excluding hydrogens is 270 g/mol. The largest absolute Gasteiger partial charge is 0.354 e. The second kappa shape index (κ2) is 5.37.